The SMILES string of the molecule is CCNc1cc(-c2ccc(OC)c(OC)c2)ncn1. The lowest BCUT2D eigenvalue weighted by molar-refractivity contribution is 0.355. The van der Waals surface area contributed by atoms with Crippen LogP contribution in [0.15, 0.2) is 30.6 Å². The molecule has 0 spiro atoms. The summed E-state index contributed by atoms with van der Waals surface area (Å²) in [6.07, 6.45) is 1.55. The molecule has 0 radical (unpaired) electrons. The van der Waals surface area contributed by atoms with Gasteiger partial charge in [-0.1, -0.05) is 0 Å². The quantitative estimate of drug-likeness (QED) is 0.894. The summed E-state index contributed by atoms with van der Waals surface area (Å²) >= 11 is 0. The van der Waals surface area contributed by atoms with Crippen LogP contribution in [-0.2, 0) is 0 Å². The van der Waals surface area contributed by atoms with Gasteiger partial charge in [-0.15, -0.1) is 0 Å². The number of methoxy groups -OCH3 is 2. The van der Waals surface area contributed by atoms with Crippen LogP contribution >= 0.6 is 0 Å². The molecule has 0 aliphatic carbocycles. The van der Waals surface area contributed by atoms with Gasteiger partial charge in [-0.25, -0.2) is 9.97 Å². The minimum Gasteiger partial charge on any atom is -0.493 e. The van der Waals surface area contributed by atoms with Gasteiger partial charge in [0.15, 0.2) is 11.5 Å². The Balaban J connectivity index is 2.38. The topological polar surface area (TPSA) is 56.3 Å². The molecule has 2 rings (SSSR count). The molecule has 1 aromatic carbocycles. The number of nitrogens with zero attached hydrogens (tertiary/aromatic N) is 2. The highest BCUT2D eigenvalue weighted by Gasteiger charge is 2.07. The van der Waals surface area contributed by atoms with Gasteiger partial charge in [-0.2, -0.15) is 0 Å². The summed E-state index contributed by atoms with van der Waals surface area (Å²) in [6, 6.07) is 7.62. The highest BCUT2D eigenvalue weighted by atomic mass is 16.5. The summed E-state index contributed by atoms with van der Waals surface area (Å²) in [4.78, 5) is 8.43. The van der Waals surface area contributed by atoms with E-state index in [0.717, 1.165) is 23.6 Å². The van der Waals surface area contributed by atoms with Gasteiger partial charge in [0.1, 0.15) is 12.1 Å². The van der Waals surface area contributed by atoms with Crippen LogP contribution in [0.1, 0.15) is 6.92 Å². The molecule has 0 fully saturated rings. The summed E-state index contributed by atoms with van der Waals surface area (Å²) in [5.41, 5.74) is 1.80. The number of anilines is 1. The van der Waals surface area contributed by atoms with E-state index < -0.39 is 0 Å². The van der Waals surface area contributed by atoms with Crippen molar-refractivity contribution in [2.24, 2.45) is 0 Å². The van der Waals surface area contributed by atoms with Gasteiger partial charge < -0.3 is 14.8 Å². The third-order valence-electron chi connectivity index (χ3n) is 2.70. The van der Waals surface area contributed by atoms with E-state index in [1.807, 2.05) is 31.2 Å². The van der Waals surface area contributed by atoms with Crippen molar-refractivity contribution in [3.63, 3.8) is 0 Å². The fourth-order valence-corrected chi connectivity index (χ4v) is 1.79. The fourth-order valence-electron chi connectivity index (χ4n) is 1.79. The first-order valence-electron chi connectivity index (χ1n) is 6.06. The van der Waals surface area contributed by atoms with Crippen LogP contribution in [-0.4, -0.2) is 30.7 Å². The standard InChI is InChI=1S/C14H17N3O2/c1-4-15-14-8-11(16-9-17-14)10-5-6-12(18-2)13(7-10)19-3/h5-9H,4H2,1-3H3,(H,15,16,17). The molecule has 0 aliphatic rings. The molecule has 2 aromatic rings. The van der Waals surface area contributed by atoms with E-state index >= 15 is 0 Å². The van der Waals surface area contributed by atoms with E-state index in [4.69, 9.17) is 9.47 Å². The third-order valence-corrected chi connectivity index (χ3v) is 2.70. The molecule has 0 unspecified atom stereocenters. The zero-order chi connectivity index (χ0) is 13.7. The maximum absolute atomic E-state index is 5.29. The predicted molar refractivity (Wildman–Crippen MR) is 74.7 cm³/mol. The first-order chi connectivity index (χ1) is 9.28. The van der Waals surface area contributed by atoms with Crippen molar-refractivity contribution < 1.29 is 9.47 Å². The average molecular weight is 259 g/mol. The van der Waals surface area contributed by atoms with Crippen LogP contribution < -0.4 is 14.8 Å². The molecule has 1 aromatic heterocycles. The molecular formula is C14H17N3O2. The Kier molecular flexibility index (Phi) is 4.18. The Morgan fingerprint density at radius 3 is 2.53 bits per heavy atom. The number of benzene rings is 1. The van der Waals surface area contributed by atoms with Crippen LogP contribution in [0.4, 0.5) is 5.82 Å². The summed E-state index contributed by atoms with van der Waals surface area (Å²) in [5, 5.41) is 3.16. The highest BCUT2D eigenvalue weighted by molar-refractivity contribution is 5.66. The van der Waals surface area contributed by atoms with Crippen molar-refractivity contribution in [2.45, 2.75) is 6.92 Å². The lowest BCUT2D eigenvalue weighted by Gasteiger charge is -2.10. The van der Waals surface area contributed by atoms with E-state index in [0.29, 0.717) is 11.5 Å². The molecule has 0 aliphatic heterocycles. The molecule has 1 N–H and O–H groups in total. The van der Waals surface area contributed by atoms with Gasteiger partial charge in [0, 0.05) is 18.2 Å². The van der Waals surface area contributed by atoms with Crippen LogP contribution in [0.25, 0.3) is 11.3 Å². The van der Waals surface area contributed by atoms with Gasteiger partial charge in [-0.3, -0.25) is 0 Å². The number of nitrogens with one attached hydrogen (secondary N) is 1. The molecule has 0 amide bonds. The smallest absolute Gasteiger partial charge is 0.161 e. The van der Waals surface area contributed by atoms with E-state index in [1.165, 1.54) is 0 Å². The first-order valence-corrected chi connectivity index (χ1v) is 6.06. The van der Waals surface area contributed by atoms with Crippen LogP contribution in [0, 0.1) is 0 Å². The number of hydrogen-bond acceptors (Lipinski definition) is 5. The minimum absolute atomic E-state index is 0.684. The second-order valence-electron chi connectivity index (χ2n) is 3.89. The normalized spacial score (nSPS) is 10.1. The number of hydrogen-bond donors (Lipinski definition) is 1. The largest absolute Gasteiger partial charge is 0.493 e. The number of rotatable bonds is 5. The first kappa shape index (κ1) is 13.1. The highest BCUT2D eigenvalue weighted by Crippen LogP contribution is 2.31. The lowest BCUT2D eigenvalue weighted by Crippen LogP contribution is -2.00. The molecular weight excluding hydrogens is 242 g/mol. The average Bonchev–Trinajstić information content (AvgIpc) is 2.47. The molecule has 0 bridgehead atoms. The van der Waals surface area contributed by atoms with Crippen LogP contribution in [0.5, 0.6) is 11.5 Å². The molecule has 0 atom stereocenters. The van der Waals surface area contributed by atoms with Gasteiger partial charge in [0.05, 0.1) is 19.9 Å². The maximum atomic E-state index is 5.29. The van der Waals surface area contributed by atoms with Crippen LogP contribution in [0.3, 0.4) is 0 Å². The van der Waals surface area contributed by atoms with Crippen molar-refractivity contribution in [2.75, 3.05) is 26.1 Å². The minimum atomic E-state index is 0.684. The van der Waals surface area contributed by atoms with Crippen molar-refractivity contribution in [3.05, 3.63) is 30.6 Å². The van der Waals surface area contributed by atoms with E-state index in [1.54, 1.807) is 20.5 Å². The second kappa shape index (κ2) is 6.04. The van der Waals surface area contributed by atoms with Crippen molar-refractivity contribution in [1.82, 2.24) is 9.97 Å². The van der Waals surface area contributed by atoms with Gasteiger partial charge in [0.25, 0.3) is 0 Å². The monoisotopic (exact) mass is 259 g/mol. The van der Waals surface area contributed by atoms with E-state index in [2.05, 4.69) is 15.3 Å². The van der Waals surface area contributed by atoms with Crippen molar-refractivity contribution in [1.29, 1.82) is 0 Å². The molecule has 5 nitrogen and oxygen atoms in total. The predicted octanol–water partition coefficient (Wildman–Crippen LogP) is 2.59. The molecule has 19 heavy (non-hydrogen) atoms. The van der Waals surface area contributed by atoms with Crippen LogP contribution in [0.2, 0.25) is 0 Å². The molecule has 0 saturated heterocycles. The van der Waals surface area contributed by atoms with Gasteiger partial charge in [-0.05, 0) is 25.1 Å². The van der Waals surface area contributed by atoms with Crippen molar-refractivity contribution >= 4 is 5.82 Å². The molecule has 5 heteroatoms. The molecule has 100 valence electrons. The number of aromatic nitrogens is 2. The fraction of sp³-hybridized carbons (Fsp3) is 0.286. The Hall–Kier alpha value is -2.30. The Bertz CT molecular complexity index is 558. The lowest BCUT2D eigenvalue weighted by atomic mass is 10.1. The Morgan fingerprint density at radius 2 is 1.84 bits per heavy atom. The van der Waals surface area contributed by atoms with E-state index in [9.17, 15) is 0 Å². The summed E-state index contributed by atoms with van der Waals surface area (Å²) in [7, 11) is 3.23. The molecule has 1 heterocycles. The summed E-state index contributed by atoms with van der Waals surface area (Å²) < 4.78 is 10.5. The van der Waals surface area contributed by atoms with Gasteiger partial charge >= 0.3 is 0 Å². The summed E-state index contributed by atoms with van der Waals surface area (Å²) in [6.45, 7) is 2.85. The molecule has 0 saturated carbocycles. The summed E-state index contributed by atoms with van der Waals surface area (Å²) in [5.74, 6) is 2.19. The zero-order valence-electron chi connectivity index (χ0n) is 11.3. The third kappa shape index (κ3) is 2.93. The van der Waals surface area contributed by atoms with E-state index in [-0.39, 0.29) is 0 Å². The Morgan fingerprint density at radius 1 is 1.05 bits per heavy atom. The van der Waals surface area contributed by atoms with Crippen molar-refractivity contribution in [3.8, 4) is 22.8 Å². The maximum Gasteiger partial charge on any atom is 0.161 e. The Labute approximate surface area is 112 Å². The zero-order valence-corrected chi connectivity index (χ0v) is 11.3. The van der Waals surface area contributed by atoms with Gasteiger partial charge in [0.2, 0.25) is 0 Å². The number of ether oxygens (including phenoxy) is 2. The second-order valence-corrected chi connectivity index (χ2v) is 3.89.